The quantitative estimate of drug-likeness (QED) is 0.641. The summed E-state index contributed by atoms with van der Waals surface area (Å²) in [7, 11) is 1.74. The molecule has 1 fully saturated rings. The van der Waals surface area contributed by atoms with Gasteiger partial charge in [-0.05, 0) is 13.3 Å². The van der Waals surface area contributed by atoms with Crippen LogP contribution in [0.1, 0.15) is 13.3 Å². The summed E-state index contributed by atoms with van der Waals surface area (Å²) in [6, 6.07) is 0.509. The number of rotatable bonds is 5. The molecule has 0 radical (unpaired) electrons. The molecular formula is C10H22N2O2. The van der Waals surface area contributed by atoms with E-state index in [4.69, 9.17) is 15.2 Å². The highest BCUT2D eigenvalue weighted by molar-refractivity contribution is 4.77. The molecule has 1 saturated heterocycles. The number of hydrogen-bond acceptors (Lipinski definition) is 4. The standard InChI is InChI=1S/C10H22N2O2/c1-9-8-14-10(6-11)7-12(9)4-3-5-13-2/h9-10H,3-8,11H2,1-2H3. The van der Waals surface area contributed by atoms with Gasteiger partial charge in [0.05, 0.1) is 12.7 Å². The summed E-state index contributed by atoms with van der Waals surface area (Å²) in [6.45, 7) is 6.48. The summed E-state index contributed by atoms with van der Waals surface area (Å²) in [5, 5.41) is 0. The van der Waals surface area contributed by atoms with Gasteiger partial charge in [-0.15, -0.1) is 0 Å². The highest BCUT2D eigenvalue weighted by Crippen LogP contribution is 2.11. The fourth-order valence-corrected chi connectivity index (χ4v) is 1.74. The Balaban J connectivity index is 2.25. The van der Waals surface area contributed by atoms with Gasteiger partial charge in [0.25, 0.3) is 0 Å². The lowest BCUT2D eigenvalue weighted by molar-refractivity contribution is -0.0549. The molecule has 14 heavy (non-hydrogen) atoms. The van der Waals surface area contributed by atoms with Gasteiger partial charge in [-0.25, -0.2) is 0 Å². The van der Waals surface area contributed by atoms with Crippen molar-refractivity contribution < 1.29 is 9.47 Å². The van der Waals surface area contributed by atoms with E-state index >= 15 is 0 Å². The maximum atomic E-state index is 5.59. The van der Waals surface area contributed by atoms with E-state index in [2.05, 4.69) is 11.8 Å². The van der Waals surface area contributed by atoms with Crippen molar-refractivity contribution in [3.8, 4) is 0 Å². The number of nitrogens with two attached hydrogens (primary N) is 1. The second-order valence-corrected chi connectivity index (χ2v) is 3.88. The van der Waals surface area contributed by atoms with E-state index in [0.29, 0.717) is 12.6 Å². The minimum atomic E-state index is 0.216. The van der Waals surface area contributed by atoms with Crippen LogP contribution < -0.4 is 5.73 Å². The molecule has 2 unspecified atom stereocenters. The fraction of sp³-hybridized carbons (Fsp3) is 1.00. The van der Waals surface area contributed by atoms with Crippen LogP contribution >= 0.6 is 0 Å². The zero-order valence-electron chi connectivity index (χ0n) is 9.24. The second kappa shape index (κ2) is 6.35. The van der Waals surface area contributed by atoms with Gasteiger partial charge in [-0.3, -0.25) is 4.90 Å². The molecule has 0 bridgehead atoms. The van der Waals surface area contributed by atoms with Gasteiger partial charge >= 0.3 is 0 Å². The molecule has 0 spiro atoms. The monoisotopic (exact) mass is 202 g/mol. The topological polar surface area (TPSA) is 47.7 Å². The Morgan fingerprint density at radius 1 is 1.57 bits per heavy atom. The van der Waals surface area contributed by atoms with Crippen LogP contribution in [0.3, 0.4) is 0 Å². The van der Waals surface area contributed by atoms with Crippen molar-refractivity contribution in [3.05, 3.63) is 0 Å². The molecule has 2 N–H and O–H groups in total. The lowest BCUT2D eigenvalue weighted by Crippen LogP contribution is -2.50. The summed E-state index contributed by atoms with van der Waals surface area (Å²) in [5.74, 6) is 0. The van der Waals surface area contributed by atoms with Gasteiger partial charge in [-0.2, -0.15) is 0 Å². The molecule has 2 atom stereocenters. The Morgan fingerprint density at radius 3 is 3.00 bits per heavy atom. The van der Waals surface area contributed by atoms with Gasteiger partial charge in [0.15, 0.2) is 0 Å². The highest BCUT2D eigenvalue weighted by atomic mass is 16.5. The summed E-state index contributed by atoms with van der Waals surface area (Å²) in [6.07, 6.45) is 1.30. The van der Waals surface area contributed by atoms with E-state index in [1.807, 2.05) is 0 Å². The third kappa shape index (κ3) is 3.53. The van der Waals surface area contributed by atoms with Crippen LogP contribution in [0.2, 0.25) is 0 Å². The molecule has 1 rings (SSSR count). The predicted octanol–water partition coefficient (Wildman–Crippen LogP) is 0.0709. The molecule has 0 amide bonds. The predicted molar refractivity (Wildman–Crippen MR) is 56.3 cm³/mol. The SMILES string of the molecule is COCCCN1CC(CN)OCC1C. The maximum absolute atomic E-state index is 5.59. The molecule has 0 saturated carbocycles. The van der Waals surface area contributed by atoms with Crippen LogP contribution in [-0.4, -0.2) is 57.0 Å². The average molecular weight is 202 g/mol. The van der Waals surface area contributed by atoms with Gasteiger partial charge in [0.2, 0.25) is 0 Å². The Bertz CT molecular complexity index is 155. The summed E-state index contributed by atoms with van der Waals surface area (Å²) >= 11 is 0. The van der Waals surface area contributed by atoms with Gasteiger partial charge in [-0.1, -0.05) is 0 Å². The molecule has 4 heteroatoms. The molecule has 4 nitrogen and oxygen atoms in total. The van der Waals surface area contributed by atoms with E-state index < -0.39 is 0 Å². The van der Waals surface area contributed by atoms with Crippen LogP contribution in [-0.2, 0) is 9.47 Å². The summed E-state index contributed by atoms with van der Waals surface area (Å²) in [4.78, 5) is 2.43. The van der Waals surface area contributed by atoms with Crippen LogP contribution in [0.4, 0.5) is 0 Å². The van der Waals surface area contributed by atoms with Crippen molar-refractivity contribution in [2.75, 3.05) is 40.0 Å². The lowest BCUT2D eigenvalue weighted by atomic mass is 10.2. The highest BCUT2D eigenvalue weighted by Gasteiger charge is 2.24. The maximum Gasteiger partial charge on any atom is 0.0824 e. The van der Waals surface area contributed by atoms with Gasteiger partial charge < -0.3 is 15.2 Å². The first-order chi connectivity index (χ1) is 6.77. The lowest BCUT2D eigenvalue weighted by Gasteiger charge is -2.37. The first-order valence-corrected chi connectivity index (χ1v) is 5.32. The molecule has 1 aliphatic heterocycles. The summed E-state index contributed by atoms with van der Waals surface area (Å²) < 4.78 is 10.6. The van der Waals surface area contributed by atoms with E-state index in [0.717, 1.165) is 32.7 Å². The fourth-order valence-electron chi connectivity index (χ4n) is 1.74. The first-order valence-electron chi connectivity index (χ1n) is 5.32. The van der Waals surface area contributed by atoms with Gasteiger partial charge in [0, 0.05) is 39.4 Å². The third-order valence-electron chi connectivity index (χ3n) is 2.69. The Kier molecular flexibility index (Phi) is 5.40. The van der Waals surface area contributed by atoms with Crippen molar-refractivity contribution in [2.45, 2.75) is 25.5 Å². The minimum Gasteiger partial charge on any atom is -0.385 e. The zero-order valence-corrected chi connectivity index (χ0v) is 9.24. The van der Waals surface area contributed by atoms with E-state index in [9.17, 15) is 0 Å². The molecule has 1 aliphatic rings. The molecule has 0 aromatic heterocycles. The largest absolute Gasteiger partial charge is 0.385 e. The van der Waals surface area contributed by atoms with E-state index in [1.165, 1.54) is 0 Å². The van der Waals surface area contributed by atoms with Crippen LogP contribution in [0.5, 0.6) is 0 Å². The van der Waals surface area contributed by atoms with Crippen molar-refractivity contribution in [1.82, 2.24) is 4.90 Å². The summed E-state index contributed by atoms with van der Waals surface area (Å²) in [5.41, 5.74) is 5.59. The molecule has 84 valence electrons. The van der Waals surface area contributed by atoms with E-state index in [-0.39, 0.29) is 6.10 Å². The minimum absolute atomic E-state index is 0.216. The number of nitrogens with zero attached hydrogens (tertiary/aromatic N) is 1. The smallest absolute Gasteiger partial charge is 0.0824 e. The van der Waals surface area contributed by atoms with Crippen LogP contribution in [0, 0.1) is 0 Å². The van der Waals surface area contributed by atoms with Crippen molar-refractivity contribution in [2.24, 2.45) is 5.73 Å². The van der Waals surface area contributed by atoms with Crippen LogP contribution in [0.25, 0.3) is 0 Å². The molecule has 0 aromatic rings. The van der Waals surface area contributed by atoms with Crippen molar-refractivity contribution in [1.29, 1.82) is 0 Å². The Morgan fingerprint density at radius 2 is 2.36 bits per heavy atom. The third-order valence-corrected chi connectivity index (χ3v) is 2.69. The normalized spacial score (nSPS) is 29.4. The Hall–Kier alpha value is -0.160. The molecule has 0 aliphatic carbocycles. The number of methoxy groups -OCH3 is 1. The average Bonchev–Trinajstić information content (AvgIpc) is 2.21. The first kappa shape index (κ1) is 11.9. The molecule has 0 aromatic carbocycles. The zero-order chi connectivity index (χ0) is 10.4. The molecule has 1 heterocycles. The van der Waals surface area contributed by atoms with Crippen molar-refractivity contribution >= 4 is 0 Å². The number of hydrogen-bond donors (Lipinski definition) is 1. The number of morpholine rings is 1. The molecular weight excluding hydrogens is 180 g/mol. The van der Waals surface area contributed by atoms with E-state index in [1.54, 1.807) is 7.11 Å². The van der Waals surface area contributed by atoms with Gasteiger partial charge in [0.1, 0.15) is 0 Å². The van der Waals surface area contributed by atoms with Crippen molar-refractivity contribution in [3.63, 3.8) is 0 Å². The number of ether oxygens (including phenoxy) is 2. The second-order valence-electron chi connectivity index (χ2n) is 3.88. The Labute approximate surface area is 86.3 Å². The van der Waals surface area contributed by atoms with Crippen LogP contribution in [0.15, 0.2) is 0 Å².